The predicted molar refractivity (Wildman–Crippen MR) is 97.9 cm³/mol. The van der Waals surface area contributed by atoms with Gasteiger partial charge in [-0.2, -0.15) is 0 Å². The van der Waals surface area contributed by atoms with Crippen LogP contribution in [0.3, 0.4) is 0 Å². The summed E-state index contributed by atoms with van der Waals surface area (Å²) in [6.07, 6.45) is 1.71. The van der Waals surface area contributed by atoms with Crippen LogP contribution < -0.4 is 9.47 Å². The van der Waals surface area contributed by atoms with E-state index in [0.29, 0.717) is 11.6 Å². The Balaban J connectivity index is 1.87. The quantitative estimate of drug-likeness (QED) is 0.717. The van der Waals surface area contributed by atoms with Gasteiger partial charge in [0.05, 0.1) is 7.11 Å². The number of carbonyl (C=O) groups excluding carboxylic acids is 1. The van der Waals surface area contributed by atoms with Crippen molar-refractivity contribution in [2.45, 2.75) is 0 Å². The Morgan fingerprint density at radius 1 is 1.08 bits per heavy atom. The first-order valence-electron chi connectivity index (χ1n) is 7.94. The second kappa shape index (κ2) is 7.21. The third-order valence-electron chi connectivity index (χ3n) is 3.95. The Hall–Kier alpha value is -3.08. The Kier molecular flexibility index (Phi) is 4.84. The van der Waals surface area contributed by atoms with Gasteiger partial charge in [0.2, 0.25) is 5.88 Å². The van der Waals surface area contributed by atoms with Crippen LogP contribution in [0.25, 0.3) is 21.9 Å². The minimum Gasteiger partial charge on any atom is -0.484 e. The van der Waals surface area contributed by atoms with Gasteiger partial charge in [0.25, 0.3) is 5.91 Å². The lowest BCUT2D eigenvalue weighted by molar-refractivity contribution is -0.130. The number of methoxy groups -OCH3 is 1. The molecule has 0 radical (unpaired) electrons. The molecule has 0 aliphatic carbocycles. The van der Waals surface area contributed by atoms with Crippen molar-refractivity contribution < 1.29 is 14.3 Å². The number of benzene rings is 2. The van der Waals surface area contributed by atoms with Gasteiger partial charge in [0, 0.05) is 25.9 Å². The van der Waals surface area contributed by atoms with Crippen molar-refractivity contribution in [1.29, 1.82) is 0 Å². The summed E-state index contributed by atoms with van der Waals surface area (Å²) in [7, 11) is 5.03. The van der Waals surface area contributed by atoms with Crippen LogP contribution in [0.5, 0.6) is 11.6 Å². The molecule has 0 spiro atoms. The van der Waals surface area contributed by atoms with E-state index in [2.05, 4.69) is 11.1 Å². The largest absolute Gasteiger partial charge is 0.484 e. The van der Waals surface area contributed by atoms with E-state index in [-0.39, 0.29) is 12.5 Å². The molecule has 0 aliphatic heterocycles. The van der Waals surface area contributed by atoms with Crippen molar-refractivity contribution in [2.24, 2.45) is 0 Å². The molecule has 3 rings (SSSR count). The molecular formula is C20H20N2O3. The summed E-state index contributed by atoms with van der Waals surface area (Å²) in [6.45, 7) is 0.0312. The molecule has 0 N–H and O–H groups in total. The number of amides is 1. The highest BCUT2D eigenvalue weighted by Gasteiger charge is 2.08. The molecular weight excluding hydrogens is 316 g/mol. The molecule has 0 saturated heterocycles. The van der Waals surface area contributed by atoms with Crippen molar-refractivity contribution in [2.75, 3.05) is 27.8 Å². The van der Waals surface area contributed by atoms with E-state index in [0.717, 1.165) is 21.9 Å². The molecule has 25 heavy (non-hydrogen) atoms. The maximum atomic E-state index is 11.6. The topological polar surface area (TPSA) is 51.7 Å². The standard InChI is InChI=1S/C20H20N2O3/c1-22(2)19(23)13-25-17-9-8-14-11-16(7-6-15(14)12-17)18-5-4-10-21-20(18)24-3/h4-12H,13H2,1-3H3. The van der Waals surface area contributed by atoms with Crippen LogP contribution >= 0.6 is 0 Å². The van der Waals surface area contributed by atoms with Gasteiger partial charge in [-0.05, 0) is 46.7 Å². The first kappa shape index (κ1) is 16.8. The monoisotopic (exact) mass is 336 g/mol. The van der Waals surface area contributed by atoms with E-state index in [4.69, 9.17) is 9.47 Å². The maximum absolute atomic E-state index is 11.6. The first-order chi connectivity index (χ1) is 12.1. The van der Waals surface area contributed by atoms with E-state index in [1.807, 2.05) is 42.5 Å². The number of ether oxygens (including phenoxy) is 2. The van der Waals surface area contributed by atoms with Crippen LogP contribution in [0.2, 0.25) is 0 Å². The van der Waals surface area contributed by atoms with Crippen LogP contribution in [-0.4, -0.2) is 43.6 Å². The maximum Gasteiger partial charge on any atom is 0.259 e. The Morgan fingerprint density at radius 2 is 1.84 bits per heavy atom. The third-order valence-corrected chi connectivity index (χ3v) is 3.95. The highest BCUT2D eigenvalue weighted by atomic mass is 16.5. The summed E-state index contributed by atoms with van der Waals surface area (Å²) >= 11 is 0. The summed E-state index contributed by atoms with van der Waals surface area (Å²) in [6, 6.07) is 15.8. The molecule has 0 atom stereocenters. The van der Waals surface area contributed by atoms with Gasteiger partial charge in [-0.25, -0.2) is 4.98 Å². The average Bonchev–Trinajstić information content (AvgIpc) is 2.65. The lowest BCUT2D eigenvalue weighted by atomic mass is 10.0. The Bertz CT molecular complexity index is 906. The molecule has 0 unspecified atom stereocenters. The number of rotatable bonds is 5. The van der Waals surface area contributed by atoms with Gasteiger partial charge in [-0.15, -0.1) is 0 Å². The Labute approximate surface area is 146 Å². The van der Waals surface area contributed by atoms with Gasteiger partial charge in [0.1, 0.15) is 5.75 Å². The predicted octanol–water partition coefficient (Wildman–Crippen LogP) is 3.38. The van der Waals surface area contributed by atoms with Crippen LogP contribution in [0, 0.1) is 0 Å². The molecule has 5 nitrogen and oxygen atoms in total. The number of aromatic nitrogens is 1. The SMILES string of the molecule is COc1ncccc1-c1ccc2cc(OCC(=O)N(C)C)ccc2c1. The van der Waals surface area contributed by atoms with E-state index in [1.165, 1.54) is 4.90 Å². The van der Waals surface area contributed by atoms with Gasteiger partial charge in [0.15, 0.2) is 6.61 Å². The fourth-order valence-electron chi connectivity index (χ4n) is 2.53. The van der Waals surface area contributed by atoms with E-state index in [1.54, 1.807) is 27.4 Å². The van der Waals surface area contributed by atoms with Crippen molar-refractivity contribution in [3.63, 3.8) is 0 Å². The van der Waals surface area contributed by atoms with Crippen molar-refractivity contribution in [3.8, 4) is 22.8 Å². The zero-order chi connectivity index (χ0) is 17.8. The number of pyridine rings is 1. The second-order valence-corrected chi connectivity index (χ2v) is 5.86. The minimum atomic E-state index is -0.0703. The van der Waals surface area contributed by atoms with Crippen LogP contribution in [0.4, 0.5) is 0 Å². The van der Waals surface area contributed by atoms with E-state index >= 15 is 0 Å². The number of likely N-dealkylation sites (N-methyl/N-ethyl adjacent to an activating group) is 1. The van der Waals surface area contributed by atoms with Gasteiger partial charge >= 0.3 is 0 Å². The molecule has 0 bridgehead atoms. The smallest absolute Gasteiger partial charge is 0.259 e. The molecule has 1 amide bonds. The average molecular weight is 336 g/mol. The second-order valence-electron chi connectivity index (χ2n) is 5.86. The van der Waals surface area contributed by atoms with Gasteiger partial charge in [-0.3, -0.25) is 4.79 Å². The summed E-state index contributed by atoms with van der Waals surface area (Å²) in [5.74, 6) is 1.21. The summed E-state index contributed by atoms with van der Waals surface area (Å²) < 4.78 is 10.9. The minimum absolute atomic E-state index is 0.0312. The Morgan fingerprint density at radius 3 is 2.60 bits per heavy atom. The fraction of sp³-hybridized carbons (Fsp3) is 0.200. The highest BCUT2D eigenvalue weighted by molar-refractivity contribution is 5.89. The zero-order valence-electron chi connectivity index (χ0n) is 14.5. The van der Waals surface area contributed by atoms with Gasteiger partial charge < -0.3 is 14.4 Å². The lowest BCUT2D eigenvalue weighted by Gasteiger charge is -2.12. The molecule has 0 saturated carbocycles. The molecule has 1 heterocycles. The summed E-state index contributed by atoms with van der Waals surface area (Å²) in [4.78, 5) is 17.4. The number of nitrogens with zero attached hydrogens (tertiary/aromatic N) is 2. The van der Waals surface area contributed by atoms with Crippen LogP contribution in [0.1, 0.15) is 0 Å². The molecule has 2 aromatic carbocycles. The van der Waals surface area contributed by atoms with Crippen molar-refractivity contribution in [3.05, 3.63) is 54.7 Å². The van der Waals surface area contributed by atoms with E-state index < -0.39 is 0 Å². The molecule has 0 aliphatic rings. The first-order valence-corrected chi connectivity index (χ1v) is 7.94. The summed E-state index contributed by atoms with van der Waals surface area (Å²) in [5.41, 5.74) is 1.98. The number of hydrogen-bond donors (Lipinski definition) is 0. The third kappa shape index (κ3) is 3.71. The van der Waals surface area contributed by atoms with E-state index in [9.17, 15) is 4.79 Å². The number of fused-ring (bicyclic) bond motifs is 1. The molecule has 5 heteroatoms. The number of hydrogen-bond acceptors (Lipinski definition) is 4. The normalized spacial score (nSPS) is 10.5. The van der Waals surface area contributed by atoms with Crippen LogP contribution in [0.15, 0.2) is 54.7 Å². The fourth-order valence-corrected chi connectivity index (χ4v) is 2.53. The molecule has 0 fully saturated rings. The zero-order valence-corrected chi connectivity index (χ0v) is 14.5. The molecule has 1 aromatic heterocycles. The summed E-state index contributed by atoms with van der Waals surface area (Å²) in [5, 5.41) is 2.12. The van der Waals surface area contributed by atoms with Crippen molar-refractivity contribution >= 4 is 16.7 Å². The lowest BCUT2D eigenvalue weighted by Crippen LogP contribution is -2.27. The molecule has 128 valence electrons. The van der Waals surface area contributed by atoms with Gasteiger partial charge in [-0.1, -0.05) is 18.2 Å². The highest BCUT2D eigenvalue weighted by Crippen LogP contribution is 2.31. The van der Waals surface area contributed by atoms with Crippen molar-refractivity contribution in [1.82, 2.24) is 9.88 Å². The van der Waals surface area contributed by atoms with Crippen LogP contribution in [-0.2, 0) is 4.79 Å². The number of carbonyl (C=O) groups is 1. The molecule has 3 aromatic rings.